The highest BCUT2D eigenvalue weighted by atomic mass is 19.1. The summed E-state index contributed by atoms with van der Waals surface area (Å²) in [5, 5.41) is 3.27. The number of rotatable bonds is 2. The van der Waals surface area contributed by atoms with Crippen molar-refractivity contribution >= 4 is 5.57 Å². The Hall–Kier alpha value is -2.00. The summed E-state index contributed by atoms with van der Waals surface area (Å²) in [7, 11) is 0. The average Bonchev–Trinajstić information content (AvgIpc) is 2.51. The Morgan fingerprint density at radius 1 is 1.00 bits per heavy atom. The average molecular weight is 271 g/mol. The van der Waals surface area contributed by atoms with Gasteiger partial charge >= 0.3 is 0 Å². The molecular formula is C17H15F2N. The molecule has 0 amide bonds. The van der Waals surface area contributed by atoms with Gasteiger partial charge in [0, 0.05) is 24.6 Å². The van der Waals surface area contributed by atoms with E-state index in [1.165, 1.54) is 17.7 Å². The zero-order valence-corrected chi connectivity index (χ0v) is 10.9. The molecule has 1 heterocycles. The summed E-state index contributed by atoms with van der Waals surface area (Å²) >= 11 is 0. The second kappa shape index (κ2) is 5.55. The zero-order valence-electron chi connectivity index (χ0n) is 10.9. The standard InChI is InChI=1S/C17H15F2N/c18-15-6-7-17(19)16(9-15)14-8-13(10-20-11-14)12-4-2-1-3-5-12/h1-9,13,20H,10-11H2. The van der Waals surface area contributed by atoms with Gasteiger partial charge in [0.15, 0.2) is 0 Å². The molecular weight excluding hydrogens is 256 g/mol. The van der Waals surface area contributed by atoms with Crippen LogP contribution < -0.4 is 5.32 Å². The molecule has 1 aliphatic rings. The normalized spacial score (nSPS) is 18.7. The van der Waals surface area contributed by atoms with Gasteiger partial charge in [0.2, 0.25) is 0 Å². The Bertz CT molecular complexity index is 635. The van der Waals surface area contributed by atoms with Crippen LogP contribution in [0.2, 0.25) is 0 Å². The maximum absolute atomic E-state index is 13.8. The largest absolute Gasteiger partial charge is 0.312 e. The van der Waals surface area contributed by atoms with Crippen molar-refractivity contribution in [2.24, 2.45) is 0 Å². The van der Waals surface area contributed by atoms with E-state index in [1.807, 2.05) is 36.4 Å². The smallest absolute Gasteiger partial charge is 0.130 e. The van der Waals surface area contributed by atoms with Crippen molar-refractivity contribution in [1.29, 1.82) is 0 Å². The van der Waals surface area contributed by atoms with Crippen molar-refractivity contribution in [2.75, 3.05) is 13.1 Å². The molecule has 1 atom stereocenters. The minimum Gasteiger partial charge on any atom is -0.312 e. The molecule has 1 nitrogen and oxygen atoms in total. The summed E-state index contributed by atoms with van der Waals surface area (Å²) in [4.78, 5) is 0. The maximum Gasteiger partial charge on any atom is 0.130 e. The minimum atomic E-state index is -0.413. The third kappa shape index (κ3) is 2.63. The highest BCUT2D eigenvalue weighted by Gasteiger charge is 2.18. The molecule has 0 spiro atoms. The number of halogens is 2. The predicted molar refractivity (Wildman–Crippen MR) is 76.4 cm³/mol. The maximum atomic E-state index is 13.8. The lowest BCUT2D eigenvalue weighted by Crippen LogP contribution is -2.27. The summed E-state index contributed by atoms with van der Waals surface area (Å²) in [6.07, 6.45) is 2.03. The fraction of sp³-hybridized carbons (Fsp3) is 0.176. The molecule has 0 saturated carbocycles. The molecule has 1 unspecified atom stereocenters. The molecule has 0 radical (unpaired) electrons. The lowest BCUT2D eigenvalue weighted by molar-refractivity contribution is 0.593. The van der Waals surface area contributed by atoms with Gasteiger partial charge in [-0.3, -0.25) is 0 Å². The highest BCUT2D eigenvalue weighted by Crippen LogP contribution is 2.27. The van der Waals surface area contributed by atoms with Crippen LogP contribution in [0.4, 0.5) is 8.78 Å². The van der Waals surface area contributed by atoms with Gasteiger partial charge in [0.25, 0.3) is 0 Å². The Labute approximate surface area is 116 Å². The van der Waals surface area contributed by atoms with E-state index in [0.717, 1.165) is 18.2 Å². The van der Waals surface area contributed by atoms with E-state index in [1.54, 1.807) is 0 Å². The second-order valence-corrected chi connectivity index (χ2v) is 4.96. The van der Waals surface area contributed by atoms with Crippen molar-refractivity contribution in [3.05, 3.63) is 77.4 Å². The predicted octanol–water partition coefficient (Wildman–Crippen LogP) is 3.74. The first-order valence-electron chi connectivity index (χ1n) is 6.66. The lowest BCUT2D eigenvalue weighted by atomic mass is 9.91. The summed E-state index contributed by atoms with van der Waals surface area (Å²) in [6, 6.07) is 13.6. The molecule has 2 aromatic carbocycles. The van der Waals surface area contributed by atoms with Crippen molar-refractivity contribution in [3.63, 3.8) is 0 Å². The minimum absolute atomic E-state index is 0.183. The number of nitrogens with one attached hydrogen (secondary N) is 1. The molecule has 0 saturated heterocycles. The van der Waals surface area contributed by atoms with Crippen LogP contribution in [0.3, 0.4) is 0 Å². The van der Waals surface area contributed by atoms with Gasteiger partial charge in [-0.05, 0) is 29.3 Å². The summed E-state index contributed by atoms with van der Waals surface area (Å²) in [6.45, 7) is 1.37. The second-order valence-electron chi connectivity index (χ2n) is 4.96. The van der Waals surface area contributed by atoms with Crippen LogP contribution in [-0.2, 0) is 0 Å². The number of hydrogen-bond acceptors (Lipinski definition) is 1. The van der Waals surface area contributed by atoms with Gasteiger partial charge in [0.1, 0.15) is 11.6 Å². The first-order chi connectivity index (χ1) is 9.74. The van der Waals surface area contributed by atoms with Crippen LogP contribution in [0.5, 0.6) is 0 Å². The molecule has 0 bridgehead atoms. The molecule has 0 aliphatic carbocycles. The topological polar surface area (TPSA) is 12.0 Å². The van der Waals surface area contributed by atoms with Crippen molar-refractivity contribution in [3.8, 4) is 0 Å². The summed E-state index contributed by atoms with van der Waals surface area (Å²) < 4.78 is 27.2. The van der Waals surface area contributed by atoms with E-state index in [4.69, 9.17) is 0 Å². The van der Waals surface area contributed by atoms with Gasteiger partial charge in [-0.15, -0.1) is 0 Å². The third-order valence-electron chi connectivity index (χ3n) is 3.58. The molecule has 20 heavy (non-hydrogen) atoms. The summed E-state index contributed by atoms with van der Waals surface area (Å²) in [5.74, 6) is -0.611. The van der Waals surface area contributed by atoms with E-state index >= 15 is 0 Å². The molecule has 3 heteroatoms. The molecule has 3 rings (SSSR count). The van der Waals surface area contributed by atoms with Gasteiger partial charge < -0.3 is 5.32 Å². The van der Waals surface area contributed by atoms with E-state index in [0.29, 0.717) is 12.1 Å². The Balaban J connectivity index is 1.97. The highest BCUT2D eigenvalue weighted by molar-refractivity contribution is 5.69. The van der Waals surface area contributed by atoms with Crippen molar-refractivity contribution in [2.45, 2.75) is 5.92 Å². The van der Waals surface area contributed by atoms with E-state index in [9.17, 15) is 8.78 Å². The third-order valence-corrected chi connectivity index (χ3v) is 3.58. The van der Waals surface area contributed by atoms with Crippen LogP contribution in [0.15, 0.2) is 54.6 Å². The monoisotopic (exact) mass is 271 g/mol. The van der Waals surface area contributed by atoms with Gasteiger partial charge in [-0.1, -0.05) is 36.4 Å². The fourth-order valence-corrected chi connectivity index (χ4v) is 2.57. The molecule has 1 N–H and O–H groups in total. The van der Waals surface area contributed by atoms with Gasteiger partial charge in [-0.2, -0.15) is 0 Å². The van der Waals surface area contributed by atoms with E-state index in [-0.39, 0.29) is 11.7 Å². The fourth-order valence-electron chi connectivity index (χ4n) is 2.57. The van der Waals surface area contributed by atoms with Crippen LogP contribution in [0, 0.1) is 11.6 Å². The number of benzene rings is 2. The van der Waals surface area contributed by atoms with Crippen LogP contribution >= 0.6 is 0 Å². The molecule has 0 fully saturated rings. The molecule has 1 aliphatic heterocycles. The summed E-state index contributed by atoms with van der Waals surface area (Å²) in [5.41, 5.74) is 2.33. The van der Waals surface area contributed by atoms with Crippen LogP contribution in [-0.4, -0.2) is 13.1 Å². The Morgan fingerprint density at radius 2 is 1.80 bits per heavy atom. The first-order valence-corrected chi connectivity index (χ1v) is 6.66. The first kappa shape index (κ1) is 13.0. The quantitative estimate of drug-likeness (QED) is 0.877. The van der Waals surface area contributed by atoms with Crippen molar-refractivity contribution in [1.82, 2.24) is 5.32 Å². The van der Waals surface area contributed by atoms with Gasteiger partial charge in [-0.25, -0.2) is 8.78 Å². The van der Waals surface area contributed by atoms with E-state index < -0.39 is 5.82 Å². The lowest BCUT2D eigenvalue weighted by Gasteiger charge is -2.23. The van der Waals surface area contributed by atoms with Crippen molar-refractivity contribution < 1.29 is 8.78 Å². The number of hydrogen-bond donors (Lipinski definition) is 1. The SMILES string of the molecule is Fc1ccc(F)c(C2=CC(c3ccccc3)CNC2)c1. The molecule has 0 aromatic heterocycles. The van der Waals surface area contributed by atoms with Crippen LogP contribution in [0.25, 0.3) is 5.57 Å². The van der Waals surface area contributed by atoms with Crippen LogP contribution in [0.1, 0.15) is 17.0 Å². The molecule has 2 aromatic rings. The Morgan fingerprint density at radius 3 is 2.60 bits per heavy atom. The molecule has 102 valence electrons. The van der Waals surface area contributed by atoms with Gasteiger partial charge in [0.05, 0.1) is 0 Å². The zero-order chi connectivity index (χ0) is 13.9. The van der Waals surface area contributed by atoms with E-state index in [2.05, 4.69) is 5.32 Å². The Kier molecular flexibility index (Phi) is 3.61.